The van der Waals surface area contributed by atoms with Gasteiger partial charge >= 0.3 is 0 Å². The van der Waals surface area contributed by atoms with Gasteiger partial charge in [0.05, 0.1) is 0 Å². The molecule has 0 aliphatic rings. The number of hydrogen-bond acceptors (Lipinski definition) is 5. The van der Waals surface area contributed by atoms with E-state index in [0.29, 0.717) is 17.6 Å². The van der Waals surface area contributed by atoms with E-state index in [9.17, 15) is 4.79 Å². The lowest BCUT2D eigenvalue weighted by Crippen LogP contribution is -2.32. The van der Waals surface area contributed by atoms with Crippen LogP contribution in [-0.4, -0.2) is 54.2 Å². The van der Waals surface area contributed by atoms with Crippen LogP contribution < -0.4 is 10.6 Å². The first-order valence-electron chi connectivity index (χ1n) is 6.58. The number of nitrogens with zero attached hydrogens (tertiary/aromatic N) is 3. The van der Waals surface area contributed by atoms with Crippen LogP contribution in [0.2, 0.25) is 0 Å². The predicted molar refractivity (Wildman–Crippen MR) is 76.3 cm³/mol. The van der Waals surface area contributed by atoms with E-state index in [-0.39, 0.29) is 5.91 Å². The molecule has 0 aliphatic carbocycles. The monoisotopic (exact) mass is 265 g/mol. The minimum Gasteiger partial charge on any atom is -0.367 e. The van der Waals surface area contributed by atoms with Crippen LogP contribution in [0.5, 0.6) is 0 Å². The fraction of sp³-hybridized carbons (Fsp3) is 0.615. The van der Waals surface area contributed by atoms with Gasteiger partial charge < -0.3 is 15.5 Å². The van der Waals surface area contributed by atoms with Gasteiger partial charge in [0, 0.05) is 26.2 Å². The molecular formula is C13H23N5O. The molecule has 19 heavy (non-hydrogen) atoms. The van der Waals surface area contributed by atoms with Crippen LogP contribution in [0.15, 0.2) is 12.1 Å². The molecule has 1 heterocycles. The molecule has 1 aromatic heterocycles. The molecule has 0 saturated carbocycles. The molecule has 1 rings (SSSR count). The first-order valence-corrected chi connectivity index (χ1v) is 6.58. The van der Waals surface area contributed by atoms with Crippen molar-refractivity contribution in [3.8, 4) is 0 Å². The van der Waals surface area contributed by atoms with Gasteiger partial charge in [-0.3, -0.25) is 4.79 Å². The third-order valence-corrected chi connectivity index (χ3v) is 3.24. The number of nitrogens with one attached hydrogen (secondary N) is 2. The van der Waals surface area contributed by atoms with E-state index < -0.39 is 0 Å². The molecule has 1 aromatic rings. The van der Waals surface area contributed by atoms with E-state index in [2.05, 4.69) is 46.6 Å². The summed E-state index contributed by atoms with van der Waals surface area (Å²) in [5.74, 6) is 0.459. The zero-order chi connectivity index (χ0) is 14.3. The van der Waals surface area contributed by atoms with Crippen LogP contribution in [0.1, 0.15) is 30.8 Å². The van der Waals surface area contributed by atoms with E-state index in [1.54, 1.807) is 19.2 Å². The minimum atomic E-state index is -0.226. The highest BCUT2D eigenvalue weighted by Crippen LogP contribution is 2.03. The lowest BCUT2D eigenvalue weighted by Gasteiger charge is -2.23. The molecule has 106 valence electrons. The van der Waals surface area contributed by atoms with Gasteiger partial charge in [0.15, 0.2) is 5.69 Å². The average Bonchev–Trinajstić information content (AvgIpc) is 2.46. The normalized spacial score (nSPS) is 12.3. The van der Waals surface area contributed by atoms with Crippen molar-refractivity contribution in [3.05, 3.63) is 17.8 Å². The van der Waals surface area contributed by atoms with Crippen molar-refractivity contribution in [1.82, 2.24) is 20.4 Å². The Labute approximate surface area is 114 Å². The van der Waals surface area contributed by atoms with Gasteiger partial charge in [-0.25, -0.2) is 0 Å². The molecular weight excluding hydrogens is 242 g/mol. The highest BCUT2D eigenvalue weighted by molar-refractivity contribution is 5.91. The van der Waals surface area contributed by atoms with Crippen molar-refractivity contribution in [2.24, 2.45) is 0 Å². The molecule has 6 heteroatoms. The summed E-state index contributed by atoms with van der Waals surface area (Å²) in [7, 11) is 3.68. The molecule has 6 nitrogen and oxygen atoms in total. The fourth-order valence-corrected chi connectivity index (χ4v) is 1.57. The molecule has 0 aliphatic heterocycles. The summed E-state index contributed by atoms with van der Waals surface area (Å²) < 4.78 is 0. The number of anilines is 1. The third kappa shape index (κ3) is 4.82. The molecule has 1 amide bonds. The quantitative estimate of drug-likeness (QED) is 0.769. The predicted octanol–water partition coefficient (Wildman–Crippen LogP) is 0.978. The second-order valence-electron chi connectivity index (χ2n) is 4.55. The summed E-state index contributed by atoms with van der Waals surface area (Å²) in [5, 5.41) is 13.5. The van der Waals surface area contributed by atoms with E-state index in [1.807, 2.05) is 0 Å². The van der Waals surface area contributed by atoms with Gasteiger partial charge in [0.1, 0.15) is 5.82 Å². The van der Waals surface area contributed by atoms with Crippen molar-refractivity contribution in [1.29, 1.82) is 0 Å². The Kier molecular flexibility index (Phi) is 6.21. The highest BCUT2D eigenvalue weighted by atomic mass is 16.1. The molecule has 0 fully saturated rings. The molecule has 1 unspecified atom stereocenters. The summed E-state index contributed by atoms with van der Waals surface area (Å²) in [6, 6.07) is 4.00. The van der Waals surface area contributed by atoms with E-state index in [0.717, 1.165) is 19.5 Å². The first-order chi connectivity index (χ1) is 9.08. The van der Waals surface area contributed by atoms with Gasteiger partial charge in [0.2, 0.25) is 0 Å². The maximum Gasteiger partial charge on any atom is 0.271 e. The Balaban J connectivity index is 2.40. The number of carbonyl (C=O) groups excluding carboxylic acids is 1. The van der Waals surface area contributed by atoms with Crippen molar-refractivity contribution >= 4 is 11.7 Å². The number of likely N-dealkylation sites (N-methyl/N-ethyl adjacent to an activating group) is 1. The summed E-state index contributed by atoms with van der Waals surface area (Å²) in [6.45, 7) is 6.12. The number of rotatable bonds is 7. The van der Waals surface area contributed by atoms with Gasteiger partial charge in [0.25, 0.3) is 5.91 Å². The van der Waals surface area contributed by atoms with E-state index >= 15 is 0 Å². The van der Waals surface area contributed by atoms with Crippen molar-refractivity contribution < 1.29 is 4.79 Å². The number of hydrogen-bond donors (Lipinski definition) is 2. The molecule has 0 radical (unpaired) electrons. The minimum absolute atomic E-state index is 0.226. The van der Waals surface area contributed by atoms with E-state index in [1.165, 1.54) is 0 Å². The SMILES string of the molecule is CCC(C)N(C)CCNc1ccc(C(=O)NC)nn1. The molecule has 1 atom stereocenters. The Morgan fingerprint density at radius 1 is 1.42 bits per heavy atom. The van der Waals surface area contributed by atoms with Crippen LogP contribution in [0.3, 0.4) is 0 Å². The maximum atomic E-state index is 11.3. The summed E-state index contributed by atoms with van der Waals surface area (Å²) in [4.78, 5) is 13.6. The van der Waals surface area contributed by atoms with Crippen molar-refractivity contribution in [3.63, 3.8) is 0 Å². The van der Waals surface area contributed by atoms with Crippen molar-refractivity contribution in [2.45, 2.75) is 26.3 Å². The standard InChI is InChI=1S/C13H23N5O/c1-5-10(2)18(4)9-8-15-12-7-6-11(16-17-12)13(19)14-3/h6-7,10H,5,8-9H2,1-4H3,(H,14,19)(H,15,17). The number of aromatic nitrogens is 2. The molecule has 0 saturated heterocycles. The van der Waals surface area contributed by atoms with Crippen LogP contribution in [0.4, 0.5) is 5.82 Å². The van der Waals surface area contributed by atoms with Gasteiger partial charge in [-0.2, -0.15) is 0 Å². The second kappa shape index (κ2) is 7.68. The topological polar surface area (TPSA) is 70.2 Å². The second-order valence-corrected chi connectivity index (χ2v) is 4.55. The number of carbonyl (C=O) groups is 1. The third-order valence-electron chi connectivity index (χ3n) is 3.24. The summed E-state index contributed by atoms with van der Waals surface area (Å²) >= 11 is 0. The van der Waals surface area contributed by atoms with Crippen LogP contribution >= 0.6 is 0 Å². The maximum absolute atomic E-state index is 11.3. The van der Waals surface area contributed by atoms with Crippen LogP contribution in [0, 0.1) is 0 Å². The molecule has 0 aromatic carbocycles. The molecule has 2 N–H and O–H groups in total. The smallest absolute Gasteiger partial charge is 0.271 e. The Morgan fingerprint density at radius 3 is 2.68 bits per heavy atom. The lowest BCUT2D eigenvalue weighted by atomic mass is 10.2. The summed E-state index contributed by atoms with van der Waals surface area (Å²) in [6.07, 6.45) is 1.14. The zero-order valence-electron chi connectivity index (χ0n) is 12.1. The molecule has 0 spiro atoms. The Morgan fingerprint density at radius 2 is 2.16 bits per heavy atom. The number of amides is 1. The summed E-state index contributed by atoms with van der Waals surface area (Å²) in [5.41, 5.74) is 0.324. The Hall–Kier alpha value is -1.69. The zero-order valence-corrected chi connectivity index (χ0v) is 12.1. The van der Waals surface area contributed by atoms with Crippen LogP contribution in [-0.2, 0) is 0 Å². The Bertz CT molecular complexity index is 393. The van der Waals surface area contributed by atoms with Crippen molar-refractivity contribution in [2.75, 3.05) is 32.5 Å². The highest BCUT2D eigenvalue weighted by Gasteiger charge is 2.07. The molecule has 0 bridgehead atoms. The van der Waals surface area contributed by atoms with Crippen LogP contribution in [0.25, 0.3) is 0 Å². The average molecular weight is 265 g/mol. The first kappa shape index (κ1) is 15.4. The van der Waals surface area contributed by atoms with Gasteiger partial charge in [-0.1, -0.05) is 6.92 Å². The largest absolute Gasteiger partial charge is 0.367 e. The fourth-order valence-electron chi connectivity index (χ4n) is 1.57. The van der Waals surface area contributed by atoms with Gasteiger partial charge in [-0.15, -0.1) is 10.2 Å². The van der Waals surface area contributed by atoms with Gasteiger partial charge in [-0.05, 0) is 32.5 Å². The lowest BCUT2D eigenvalue weighted by molar-refractivity contribution is 0.0957. The van der Waals surface area contributed by atoms with E-state index in [4.69, 9.17) is 0 Å².